The highest BCUT2D eigenvalue weighted by Gasteiger charge is 2.08. The molecule has 1 N–H and O–H groups in total. The van der Waals surface area contributed by atoms with Crippen molar-refractivity contribution in [3.05, 3.63) is 95.1 Å². The monoisotopic (exact) mass is 361 g/mol. The Kier molecular flexibility index (Phi) is 6.50. The van der Waals surface area contributed by atoms with Gasteiger partial charge in [-0.3, -0.25) is 0 Å². The van der Waals surface area contributed by atoms with Gasteiger partial charge in [0, 0.05) is 12.6 Å². The Balaban J connectivity index is 1.61. The summed E-state index contributed by atoms with van der Waals surface area (Å²) in [6.45, 7) is 5.56. The lowest BCUT2D eigenvalue weighted by Crippen LogP contribution is -2.18. The summed E-state index contributed by atoms with van der Waals surface area (Å²) in [6, 6.07) is 25.2. The Labute approximate surface area is 162 Å². The summed E-state index contributed by atoms with van der Waals surface area (Å²) in [4.78, 5) is 0. The van der Waals surface area contributed by atoms with Gasteiger partial charge in [-0.25, -0.2) is 0 Å². The van der Waals surface area contributed by atoms with E-state index < -0.39 is 0 Å². The van der Waals surface area contributed by atoms with Gasteiger partial charge in [-0.05, 0) is 42.7 Å². The van der Waals surface area contributed by atoms with E-state index in [2.05, 4.69) is 67.7 Å². The number of rotatable bonds is 8. The van der Waals surface area contributed by atoms with Gasteiger partial charge in [0.05, 0.1) is 7.11 Å². The molecule has 3 rings (SSSR count). The second-order valence-electron chi connectivity index (χ2n) is 6.78. The minimum absolute atomic E-state index is 0.287. The minimum atomic E-state index is 0.287. The topological polar surface area (TPSA) is 30.5 Å². The minimum Gasteiger partial charge on any atom is -0.493 e. The Bertz CT molecular complexity index is 861. The molecule has 0 aliphatic rings. The molecular formula is C24H27NO2. The molecule has 27 heavy (non-hydrogen) atoms. The van der Waals surface area contributed by atoms with E-state index in [1.165, 1.54) is 11.1 Å². The van der Waals surface area contributed by atoms with Crippen LogP contribution < -0.4 is 14.8 Å². The van der Waals surface area contributed by atoms with Gasteiger partial charge >= 0.3 is 0 Å². The molecule has 0 saturated heterocycles. The molecular weight excluding hydrogens is 334 g/mol. The van der Waals surface area contributed by atoms with Gasteiger partial charge in [0.1, 0.15) is 6.61 Å². The van der Waals surface area contributed by atoms with E-state index >= 15 is 0 Å². The van der Waals surface area contributed by atoms with Crippen LogP contribution in [0.2, 0.25) is 0 Å². The molecule has 3 nitrogen and oxygen atoms in total. The fourth-order valence-corrected chi connectivity index (χ4v) is 3.03. The van der Waals surface area contributed by atoms with Crippen molar-refractivity contribution in [1.82, 2.24) is 5.32 Å². The maximum Gasteiger partial charge on any atom is 0.161 e. The molecule has 0 unspecified atom stereocenters. The van der Waals surface area contributed by atoms with Crippen molar-refractivity contribution in [2.75, 3.05) is 7.11 Å². The lowest BCUT2D eigenvalue weighted by molar-refractivity contribution is 0.284. The first kappa shape index (κ1) is 19.0. The number of methoxy groups -OCH3 is 1. The molecule has 0 radical (unpaired) electrons. The van der Waals surface area contributed by atoms with Crippen LogP contribution >= 0.6 is 0 Å². The summed E-state index contributed by atoms with van der Waals surface area (Å²) < 4.78 is 11.5. The predicted molar refractivity (Wildman–Crippen MR) is 110 cm³/mol. The molecule has 0 saturated carbocycles. The summed E-state index contributed by atoms with van der Waals surface area (Å²) in [5.41, 5.74) is 4.83. The van der Waals surface area contributed by atoms with E-state index in [4.69, 9.17) is 9.47 Å². The lowest BCUT2D eigenvalue weighted by Gasteiger charge is -2.16. The zero-order valence-corrected chi connectivity index (χ0v) is 16.2. The standard InChI is InChI=1S/C24H27NO2/c1-18-8-7-9-21(14-18)17-27-23-13-12-20(15-24(23)26-3)16-25-19(2)22-10-5-4-6-11-22/h4-15,19,25H,16-17H2,1-3H3/t19-/m1/s1. The van der Waals surface area contributed by atoms with E-state index in [-0.39, 0.29) is 6.04 Å². The number of hydrogen-bond donors (Lipinski definition) is 1. The van der Waals surface area contributed by atoms with Crippen molar-refractivity contribution >= 4 is 0 Å². The van der Waals surface area contributed by atoms with E-state index in [1.54, 1.807) is 7.11 Å². The summed E-state index contributed by atoms with van der Waals surface area (Å²) in [5.74, 6) is 1.52. The van der Waals surface area contributed by atoms with Gasteiger partial charge in [0.25, 0.3) is 0 Å². The fraction of sp³-hybridized carbons (Fsp3) is 0.250. The zero-order chi connectivity index (χ0) is 19.1. The molecule has 0 amide bonds. The molecule has 3 heteroatoms. The highest BCUT2D eigenvalue weighted by molar-refractivity contribution is 5.43. The number of ether oxygens (including phenoxy) is 2. The fourth-order valence-electron chi connectivity index (χ4n) is 3.03. The van der Waals surface area contributed by atoms with E-state index in [0.29, 0.717) is 6.61 Å². The molecule has 0 bridgehead atoms. The molecule has 3 aromatic rings. The van der Waals surface area contributed by atoms with Crippen molar-refractivity contribution in [3.8, 4) is 11.5 Å². The van der Waals surface area contributed by atoms with Crippen LogP contribution in [-0.2, 0) is 13.2 Å². The molecule has 0 spiro atoms. The number of benzene rings is 3. The highest BCUT2D eigenvalue weighted by atomic mass is 16.5. The molecule has 0 aromatic heterocycles. The normalized spacial score (nSPS) is 11.8. The first-order valence-electron chi connectivity index (χ1n) is 9.29. The van der Waals surface area contributed by atoms with Gasteiger partial charge in [-0.2, -0.15) is 0 Å². The molecule has 0 aliphatic heterocycles. The molecule has 0 aliphatic carbocycles. The smallest absolute Gasteiger partial charge is 0.161 e. The van der Waals surface area contributed by atoms with E-state index in [0.717, 1.165) is 29.2 Å². The first-order valence-corrected chi connectivity index (χ1v) is 9.29. The average Bonchev–Trinajstić information content (AvgIpc) is 2.71. The van der Waals surface area contributed by atoms with Crippen LogP contribution in [0.1, 0.15) is 35.2 Å². The quantitative estimate of drug-likeness (QED) is 0.580. The Morgan fingerprint density at radius 3 is 2.41 bits per heavy atom. The van der Waals surface area contributed by atoms with Crippen LogP contribution in [0.15, 0.2) is 72.8 Å². The van der Waals surface area contributed by atoms with Crippen molar-refractivity contribution in [2.24, 2.45) is 0 Å². The number of hydrogen-bond acceptors (Lipinski definition) is 3. The molecule has 1 atom stereocenters. The zero-order valence-electron chi connectivity index (χ0n) is 16.2. The first-order chi connectivity index (χ1) is 13.2. The second kappa shape index (κ2) is 9.24. The Hall–Kier alpha value is -2.78. The summed E-state index contributed by atoms with van der Waals surface area (Å²) >= 11 is 0. The third kappa shape index (κ3) is 5.35. The van der Waals surface area contributed by atoms with Crippen LogP contribution in [0, 0.1) is 6.92 Å². The lowest BCUT2D eigenvalue weighted by atomic mass is 10.1. The van der Waals surface area contributed by atoms with E-state index in [1.807, 2.05) is 24.3 Å². The van der Waals surface area contributed by atoms with Crippen molar-refractivity contribution in [3.63, 3.8) is 0 Å². The third-order valence-corrected chi connectivity index (χ3v) is 4.62. The predicted octanol–water partition coefficient (Wildman–Crippen LogP) is 5.43. The van der Waals surface area contributed by atoms with Crippen LogP contribution in [-0.4, -0.2) is 7.11 Å². The van der Waals surface area contributed by atoms with Crippen LogP contribution in [0.5, 0.6) is 11.5 Å². The average molecular weight is 361 g/mol. The Morgan fingerprint density at radius 2 is 1.67 bits per heavy atom. The second-order valence-corrected chi connectivity index (χ2v) is 6.78. The number of nitrogens with one attached hydrogen (secondary N) is 1. The van der Waals surface area contributed by atoms with Gasteiger partial charge in [-0.15, -0.1) is 0 Å². The van der Waals surface area contributed by atoms with Crippen molar-refractivity contribution in [2.45, 2.75) is 33.0 Å². The van der Waals surface area contributed by atoms with Crippen molar-refractivity contribution < 1.29 is 9.47 Å². The third-order valence-electron chi connectivity index (χ3n) is 4.62. The van der Waals surface area contributed by atoms with Crippen LogP contribution in [0.4, 0.5) is 0 Å². The van der Waals surface area contributed by atoms with Gasteiger partial charge in [-0.1, -0.05) is 66.2 Å². The van der Waals surface area contributed by atoms with Gasteiger partial charge in [0.15, 0.2) is 11.5 Å². The molecule has 3 aromatic carbocycles. The highest BCUT2D eigenvalue weighted by Crippen LogP contribution is 2.29. The van der Waals surface area contributed by atoms with Gasteiger partial charge in [0.2, 0.25) is 0 Å². The van der Waals surface area contributed by atoms with Crippen molar-refractivity contribution in [1.29, 1.82) is 0 Å². The molecule has 0 fully saturated rings. The largest absolute Gasteiger partial charge is 0.493 e. The molecule has 140 valence electrons. The number of aryl methyl sites for hydroxylation is 1. The van der Waals surface area contributed by atoms with Gasteiger partial charge < -0.3 is 14.8 Å². The maximum atomic E-state index is 5.97. The Morgan fingerprint density at radius 1 is 0.852 bits per heavy atom. The van der Waals surface area contributed by atoms with Crippen LogP contribution in [0.3, 0.4) is 0 Å². The van der Waals surface area contributed by atoms with Crippen LogP contribution in [0.25, 0.3) is 0 Å². The molecule has 0 heterocycles. The SMILES string of the molecule is COc1cc(CN[C@H](C)c2ccccc2)ccc1OCc1cccc(C)c1. The summed E-state index contributed by atoms with van der Waals surface area (Å²) in [5, 5.41) is 3.55. The summed E-state index contributed by atoms with van der Waals surface area (Å²) in [6.07, 6.45) is 0. The maximum absolute atomic E-state index is 5.97. The summed E-state index contributed by atoms with van der Waals surface area (Å²) in [7, 11) is 1.68. The van der Waals surface area contributed by atoms with E-state index in [9.17, 15) is 0 Å².